The van der Waals surface area contributed by atoms with Crippen LogP contribution in [0.5, 0.6) is 5.75 Å². The van der Waals surface area contributed by atoms with Gasteiger partial charge < -0.3 is 20.5 Å². The zero-order valence-corrected chi connectivity index (χ0v) is 13.0. The normalized spacial score (nSPS) is 16.6. The molecular weight excluding hydrogens is 302 g/mol. The van der Waals surface area contributed by atoms with E-state index in [2.05, 4.69) is 5.32 Å². The Labute approximate surface area is 134 Å². The van der Waals surface area contributed by atoms with Crippen molar-refractivity contribution < 1.29 is 19.2 Å². The average Bonchev–Trinajstić information content (AvgIpc) is 2.59. The maximum absolute atomic E-state index is 12.2. The quantitative estimate of drug-likeness (QED) is 0.595. The number of nitrogens with two attached hydrogens (primary N) is 1. The second-order valence-electron chi connectivity index (χ2n) is 5.45. The number of benzene rings is 1. The summed E-state index contributed by atoms with van der Waals surface area (Å²) in [7, 11) is 1.47. The number of carbonyl (C=O) groups excluding carboxylic acids is 1. The molecule has 2 rings (SSSR count). The fraction of sp³-hybridized carbons (Fsp3) is 0.533. The van der Waals surface area contributed by atoms with Crippen molar-refractivity contribution in [2.75, 3.05) is 20.3 Å². The fourth-order valence-electron chi connectivity index (χ4n) is 2.61. The molecule has 0 bridgehead atoms. The summed E-state index contributed by atoms with van der Waals surface area (Å²) in [5, 5.41) is 13.6. The van der Waals surface area contributed by atoms with Gasteiger partial charge in [-0.2, -0.15) is 0 Å². The number of rotatable bonds is 6. The lowest BCUT2D eigenvalue weighted by Crippen LogP contribution is -2.46. The smallest absolute Gasteiger partial charge is 0.270 e. The van der Waals surface area contributed by atoms with E-state index in [1.807, 2.05) is 0 Å². The van der Waals surface area contributed by atoms with Gasteiger partial charge in [-0.1, -0.05) is 0 Å². The van der Waals surface area contributed by atoms with Gasteiger partial charge >= 0.3 is 0 Å². The highest BCUT2D eigenvalue weighted by molar-refractivity contribution is 5.81. The first-order chi connectivity index (χ1) is 11.0. The molecule has 1 atom stereocenters. The summed E-state index contributed by atoms with van der Waals surface area (Å²) in [6, 6.07) is 3.65. The first kappa shape index (κ1) is 17.2. The number of amides is 1. The highest BCUT2D eigenvalue weighted by Gasteiger charge is 2.26. The fourth-order valence-corrected chi connectivity index (χ4v) is 2.61. The minimum atomic E-state index is -0.608. The number of nitrogens with zero attached hydrogens (tertiary/aromatic N) is 1. The molecule has 8 heteroatoms. The standard InChI is InChI=1S/C15H21N3O5/c1-22-13-3-2-12(18(20)21)8-11(13)9-17-15(19)14(16)10-4-6-23-7-5-10/h2-3,8,10,14H,4-7,9,16H2,1H3,(H,17,19). The molecule has 3 N–H and O–H groups in total. The van der Waals surface area contributed by atoms with Crippen LogP contribution in [0, 0.1) is 16.0 Å². The number of carbonyl (C=O) groups is 1. The van der Waals surface area contributed by atoms with Crippen molar-refractivity contribution in [3.05, 3.63) is 33.9 Å². The topological polar surface area (TPSA) is 117 Å². The molecule has 1 aliphatic rings. The molecule has 1 amide bonds. The molecule has 8 nitrogen and oxygen atoms in total. The lowest BCUT2D eigenvalue weighted by molar-refractivity contribution is -0.384. The van der Waals surface area contributed by atoms with Crippen molar-refractivity contribution in [2.45, 2.75) is 25.4 Å². The molecule has 0 spiro atoms. The van der Waals surface area contributed by atoms with Crippen LogP contribution in [0.2, 0.25) is 0 Å². The second-order valence-corrected chi connectivity index (χ2v) is 5.45. The highest BCUT2D eigenvalue weighted by atomic mass is 16.6. The molecule has 1 fully saturated rings. The number of non-ortho nitro benzene ring substituents is 1. The first-order valence-corrected chi connectivity index (χ1v) is 7.45. The SMILES string of the molecule is COc1ccc([N+](=O)[O-])cc1CNC(=O)C(N)C1CCOCC1. The largest absolute Gasteiger partial charge is 0.496 e. The average molecular weight is 323 g/mol. The van der Waals surface area contributed by atoms with Crippen LogP contribution in [-0.4, -0.2) is 37.2 Å². The van der Waals surface area contributed by atoms with E-state index in [4.69, 9.17) is 15.2 Å². The van der Waals surface area contributed by atoms with Crippen LogP contribution in [0.25, 0.3) is 0 Å². The number of nitro groups is 1. The predicted octanol–water partition coefficient (Wildman–Crippen LogP) is 0.973. The first-order valence-electron chi connectivity index (χ1n) is 7.45. The van der Waals surface area contributed by atoms with Gasteiger partial charge in [-0.25, -0.2) is 0 Å². The van der Waals surface area contributed by atoms with E-state index in [9.17, 15) is 14.9 Å². The van der Waals surface area contributed by atoms with Crippen molar-refractivity contribution in [1.82, 2.24) is 5.32 Å². The lowest BCUT2D eigenvalue weighted by atomic mass is 9.92. The third-order valence-corrected chi connectivity index (χ3v) is 4.00. The van der Waals surface area contributed by atoms with Gasteiger partial charge in [0, 0.05) is 37.5 Å². The van der Waals surface area contributed by atoms with Crippen molar-refractivity contribution in [1.29, 1.82) is 0 Å². The predicted molar refractivity (Wildman–Crippen MR) is 83.0 cm³/mol. The number of nitrogens with one attached hydrogen (secondary N) is 1. The summed E-state index contributed by atoms with van der Waals surface area (Å²) in [5.41, 5.74) is 6.48. The Morgan fingerprint density at radius 3 is 2.83 bits per heavy atom. The third kappa shape index (κ3) is 4.40. The molecule has 1 aliphatic heterocycles. The van der Waals surface area contributed by atoms with Crippen molar-refractivity contribution >= 4 is 11.6 Å². The molecule has 1 aromatic rings. The van der Waals surface area contributed by atoms with E-state index in [-0.39, 0.29) is 24.1 Å². The molecule has 0 aliphatic carbocycles. The minimum absolute atomic E-state index is 0.0521. The Balaban J connectivity index is 2.00. The molecule has 23 heavy (non-hydrogen) atoms. The van der Waals surface area contributed by atoms with Gasteiger partial charge in [0.05, 0.1) is 18.1 Å². The van der Waals surface area contributed by atoms with Crippen LogP contribution in [0.1, 0.15) is 18.4 Å². The van der Waals surface area contributed by atoms with Crippen LogP contribution >= 0.6 is 0 Å². The van der Waals surface area contributed by atoms with E-state index in [1.165, 1.54) is 25.3 Å². The summed E-state index contributed by atoms with van der Waals surface area (Å²) >= 11 is 0. The Bertz CT molecular complexity index is 572. The van der Waals surface area contributed by atoms with Crippen LogP contribution in [0.3, 0.4) is 0 Å². The summed E-state index contributed by atoms with van der Waals surface area (Å²) in [6.45, 7) is 1.36. The van der Waals surface area contributed by atoms with E-state index >= 15 is 0 Å². The van der Waals surface area contributed by atoms with Crippen LogP contribution in [-0.2, 0) is 16.1 Å². The Morgan fingerprint density at radius 2 is 2.22 bits per heavy atom. The molecule has 0 saturated carbocycles. The van der Waals surface area contributed by atoms with E-state index in [1.54, 1.807) is 0 Å². The maximum atomic E-state index is 12.2. The van der Waals surface area contributed by atoms with Gasteiger partial charge in [-0.05, 0) is 24.8 Å². The van der Waals surface area contributed by atoms with Crippen molar-refractivity contribution in [3.8, 4) is 5.75 Å². The molecule has 0 aromatic heterocycles. The summed E-state index contributed by atoms with van der Waals surface area (Å²) < 4.78 is 10.4. The van der Waals surface area contributed by atoms with Gasteiger partial charge in [0.2, 0.25) is 5.91 Å². The van der Waals surface area contributed by atoms with Gasteiger partial charge in [-0.3, -0.25) is 14.9 Å². The summed E-state index contributed by atoms with van der Waals surface area (Å²) in [5.74, 6) is 0.303. The lowest BCUT2D eigenvalue weighted by Gasteiger charge is -2.26. The molecule has 1 aromatic carbocycles. The minimum Gasteiger partial charge on any atom is -0.496 e. The van der Waals surface area contributed by atoms with Gasteiger partial charge in [0.15, 0.2) is 0 Å². The molecule has 1 saturated heterocycles. The Hall–Kier alpha value is -2.19. The molecule has 0 radical (unpaired) electrons. The Kier molecular flexibility index (Phi) is 5.89. The molecule has 1 heterocycles. The van der Waals surface area contributed by atoms with E-state index < -0.39 is 11.0 Å². The van der Waals surface area contributed by atoms with Gasteiger partial charge in [0.25, 0.3) is 5.69 Å². The monoisotopic (exact) mass is 323 g/mol. The number of ether oxygens (including phenoxy) is 2. The summed E-state index contributed by atoms with van der Waals surface area (Å²) in [6.07, 6.45) is 1.52. The number of nitro benzene ring substituents is 1. The van der Waals surface area contributed by atoms with Gasteiger partial charge in [0.1, 0.15) is 5.75 Å². The van der Waals surface area contributed by atoms with E-state index in [0.717, 1.165) is 12.8 Å². The molecular formula is C15H21N3O5. The zero-order valence-electron chi connectivity index (χ0n) is 13.0. The Morgan fingerprint density at radius 1 is 1.52 bits per heavy atom. The van der Waals surface area contributed by atoms with E-state index in [0.29, 0.717) is 24.5 Å². The van der Waals surface area contributed by atoms with Crippen molar-refractivity contribution in [2.24, 2.45) is 11.7 Å². The van der Waals surface area contributed by atoms with Crippen LogP contribution in [0.4, 0.5) is 5.69 Å². The van der Waals surface area contributed by atoms with Crippen molar-refractivity contribution in [3.63, 3.8) is 0 Å². The maximum Gasteiger partial charge on any atom is 0.270 e. The summed E-state index contributed by atoms with van der Waals surface area (Å²) in [4.78, 5) is 22.5. The second kappa shape index (κ2) is 7.89. The van der Waals surface area contributed by atoms with Crippen LogP contribution in [0.15, 0.2) is 18.2 Å². The number of hydrogen-bond acceptors (Lipinski definition) is 6. The van der Waals surface area contributed by atoms with Gasteiger partial charge in [-0.15, -0.1) is 0 Å². The number of hydrogen-bond donors (Lipinski definition) is 2. The van der Waals surface area contributed by atoms with Crippen LogP contribution < -0.4 is 15.8 Å². The third-order valence-electron chi connectivity index (χ3n) is 4.00. The number of methoxy groups -OCH3 is 1. The molecule has 126 valence electrons. The highest BCUT2D eigenvalue weighted by Crippen LogP contribution is 2.24. The zero-order chi connectivity index (χ0) is 16.8. The molecule has 1 unspecified atom stereocenters.